The summed E-state index contributed by atoms with van der Waals surface area (Å²) in [6.45, 7) is 13.2. The molecule has 3 nitrogen and oxygen atoms in total. The monoisotopic (exact) mass is 281 g/mol. The van der Waals surface area contributed by atoms with Gasteiger partial charge in [-0.05, 0) is 31.7 Å². The first-order valence-electron chi connectivity index (χ1n) is 8.77. The van der Waals surface area contributed by atoms with Gasteiger partial charge in [-0.2, -0.15) is 0 Å². The lowest BCUT2D eigenvalue weighted by molar-refractivity contribution is 0.0850. The summed E-state index contributed by atoms with van der Waals surface area (Å²) in [6.07, 6.45) is 5.61. The predicted octanol–water partition coefficient (Wildman–Crippen LogP) is 2.43. The molecule has 1 heterocycles. The lowest BCUT2D eigenvalue weighted by atomic mass is 9.98. The van der Waals surface area contributed by atoms with E-state index in [1.807, 2.05) is 0 Å². The van der Waals surface area contributed by atoms with E-state index in [2.05, 4.69) is 42.9 Å². The van der Waals surface area contributed by atoms with Crippen molar-refractivity contribution < 1.29 is 0 Å². The second-order valence-electron chi connectivity index (χ2n) is 7.26. The lowest BCUT2D eigenvalue weighted by Gasteiger charge is -2.40. The molecular weight excluding hydrogens is 246 g/mol. The highest BCUT2D eigenvalue weighted by Crippen LogP contribution is 2.28. The van der Waals surface area contributed by atoms with Crippen LogP contribution in [0.3, 0.4) is 0 Å². The van der Waals surface area contributed by atoms with Gasteiger partial charge in [-0.3, -0.25) is 4.90 Å². The Hall–Kier alpha value is -0.120. The third-order valence-electron chi connectivity index (χ3n) is 5.55. The fourth-order valence-electron chi connectivity index (χ4n) is 4.01. The predicted molar refractivity (Wildman–Crippen MR) is 87.1 cm³/mol. The van der Waals surface area contributed by atoms with Crippen LogP contribution in [0.4, 0.5) is 0 Å². The molecule has 0 amide bonds. The summed E-state index contributed by atoms with van der Waals surface area (Å²) in [7, 11) is 2.24. The highest BCUT2D eigenvalue weighted by atomic mass is 15.3. The number of rotatable bonds is 6. The first kappa shape index (κ1) is 16.3. The van der Waals surface area contributed by atoms with Gasteiger partial charge in [-0.15, -0.1) is 0 Å². The van der Waals surface area contributed by atoms with E-state index in [0.29, 0.717) is 6.04 Å². The van der Waals surface area contributed by atoms with E-state index in [1.54, 1.807) is 0 Å². The minimum absolute atomic E-state index is 0.710. The second kappa shape index (κ2) is 7.77. The molecule has 2 rings (SSSR count). The Bertz CT molecular complexity index is 271. The largest absolute Gasteiger partial charge is 0.312 e. The zero-order chi connectivity index (χ0) is 14.5. The van der Waals surface area contributed by atoms with Crippen molar-refractivity contribution in [1.82, 2.24) is 15.1 Å². The molecule has 3 unspecified atom stereocenters. The number of nitrogens with one attached hydrogen (secondary N) is 1. The molecule has 0 radical (unpaired) electrons. The van der Waals surface area contributed by atoms with E-state index >= 15 is 0 Å². The summed E-state index contributed by atoms with van der Waals surface area (Å²) in [5, 5.41) is 3.92. The van der Waals surface area contributed by atoms with Gasteiger partial charge < -0.3 is 10.2 Å². The molecule has 1 saturated carbocycles. The summed E-state index contributed by atoms with van der Waals surface area (Å²) in [4.78, 5) is 5.17. The summed E-state index contributed by atoms with van der Waals surface area (Å²) in [5.74, 6) is 1.67. The molecule has 0 aromatic rings. The van der Waals surface area contributed by atoms with Crippen LogP contribution in [0.1, 0.15) is 46.5 Å². The van der Waals surface area contributed by atoms with Crippen LogP contribution in [0, 0.1) is 11.8 Å². The van der Waals surface area contributed by atoms with Crippen LogP contribution in [0.25, 0.3) is 0 Å². The van der Waals surface area contributed by atoms with E-state index in [0.717, 1.165) is 17.9 Å². The fourth-order valence-corrected chi connectivity index (χ4v) is 4.01. The Balaban J connectivity index is 1.83. The van der Waals surface area contributed by atoms with E-state index in [1.165, 1.54) is 58.4 Å². The lowest BCUT2D eigenvalue weighted by Crippen LogP contribution is -2.54. The minimum Gasteiger partial charge on any atom is -0.312 e. The van der Waals surface area contributed by atoms with Crippen molar-refractivity contribution in [2.24, 2.45) is 11.8 Å². The molecular formula is C17H35N3. The van der Waals surface area contributed by atoms with Crippen LogP contribution in [0.2, 0.25) is 0 Å². The smallest absolute Gasteiger partial charge is 0.0244 e. The van der Waals surface area contributed by atoms with Gasteiger partial charge in [-0.1, -0.05) is 33.6 Å². The normalized spacial score (nSPS) is 31.1. The third-order valence-corrected chi connectivity index (χ3v) is 5.55. The van der Waals surface area contributed by atoms with Crippen molar-refractivity contribution in [1.29, 1.82) is 0 Å². The molecule has 118 valence electrons. The van der Waals surface area contributed by atoms with Crippen LogP contribution < -0.4 is 5.32 Å². The molecule has 1 aliphatic carbocycles. The van der Waals surface area contributed by atoms with Gasteiger partial charge in [0.1, 0.15) is 0 Å². The molecule has 3 atom stereocenters. The van der Waals surface area contributed by atoms with E-state index < -0.39 is 0 Å². The van der Waals surface area contributed by atoms with Crippen molar-refractivity contribution in [3.8, 4) is 0 Å². The average Bonchev–Trinajstić information content (AvgIpc) is 2.88. The maximum Gasteiger partial charge on any atom is 0.0244 e. The van der Waals surface area contributed by atoms with Gasteiger partial charge in [0.15, 0.2) is 0 Å². The molecule has 0 aromatic heterocycles. The minimum atomic E-state index is 0.710. The average molecular weight is 281 g/mol. The Kier molecular flexibility index (Phi) is 6.31. The van der Waals surface area contributed by atoms with Crippen molar-refractivity contribution in [3.05, 3.63) is 0 Å². The molecule has 0 bridgehead atoms. The quantitative estimate of drug-likeness (QED) is 0.807. The Labute approximate surface area is 126 Å². The maximum absolute atomic E-state index is 3.92. The highest BCUT2D eigenvalue weighted by molar-refractivity contribution is 4.87. The number of piperazine rings is 1. The maximum atomic E-state index is 3.92. The molecule has 1 aliphatic heterocycles. The molecule has 0 spiro atoms. The van der Waals surface area contributed by atoms with Crippen molar-refractivity contribution in [2.75, 3.05) is 39.8 Å². The Morgan fingerprint density at radius 1 is 1.10 bits per heavy atom. The first-order chi connectivity index (χ1) is 9.61. The summed E-state index contributed by atoms with van der Waals surface area (Å²) >= 11 is 0. The van der Waals surface area contributed by atoms with Crippen LogP contribution in [0.15, 0.2) is 0 Å². The molecule has 1 saturated heterocycles. The van der Waals surface area contributed by atoms with E-state index in [9.17, 15) is 0 Å². The van der Waals surface area contributed by atoms with E-state index in [-0.39, 0.29) is 0 Å². The number of hydrogen-bond acceptors (Lipinski definition) is 3. The van der Waals surface area contributed by atoms with Crippen molar-refractivity contribution >= 4 is 0 Å². The van der Waals surface area contributed by atoms with Crippen LogP contribution in [0.5, 0.6) is 0 Å². The highest BCUT2D eigenvalue weighted by Gasteiger charge is 2.29. The molecule has 0 aromatic carbocycles. The molecule has 1 N–H and O–H groups in total. The summed E-state index contributed by atoms with van der Waals surface area (Å²) < 4.78 is 0. The van der Waals surface area contributed by atoms with Gasteiger partial charge in [0.25, 0.3) is 0 Å². The third kappa shape index (κ3) is 4.19. The van der Waals surface area contributed by atoms with Crippen LogP contribution >= 0.6 is 0 Å². The zero-order valence-electron chi connectivity index (χ0n) is 14.1. The number of nitrogens with zero attached hydrogens (tertiary/aromatic N) is 2. The van der Waals surface area contributed by atoms with Crippen molar-refractivity contribution in [2.45, 2.75) is 58.5 Å². The van der Waals surface area contributed by atoms with Gasteiger partial charge >= 0.3 is 0 Å². The molecule has 2 fully saturated rings. The van der Waals surface area contributed by atoms with Gasteiger partial charge in [0, 0.05) is 44.8 Å². The Morgan fingerprint density at radius 2 is 1.80 bits per heavy atom. The molecule has 3 heteroatoms. The second-order valence-corrected chi connectivity index (χ2v) is 7.26. The number of likely N-dealkylation sites (N-methyl/N-ethyl adjacent to an activating group) is 1. The van der Waals surface area contributed by atoms with Crippen LogP contribution in [-0.4, -0.2) is 61.7 Å². The summed E-state index contributed by atoms with van der Waals surface area (Å²) in [5.41, 5.74) is 0. The standard InChI is InChI=1S/C17H35N3/c1-5-15-7-6-8-16(15)18-13-17(14(2)3)20-11-9-19(4)10-12-20/h14-18H,5-13H2,1-4H3. The first-order valence-corrected chi connectivity index (χ1v) is 8.77. The van der Waals surface area contributed by atoms with Crippen LogP contribution in [-0.2, 0) is 0 Å². The van der Waals surface area contributed by atoms with E-state index in [4.69, 9.17) is 0 Å². The molecule has 20 heavy (non-hydrogen) atoms. The van der Waals surface area contributed by atoms with Gasteiger partial charge in [0.05, 0.1) is 0 Å². The summed E-state index contributed by atoms with van der Waals surface area (Å²) in [6, 6.07) is 1.50. The zero-order valence-corrected chi connectivity index (χ0v) is 14.1. The SMILES string of the molecule is CCC1CCCC1NCC(C(C)C)N1CCN(C)CC1. The Morgan fingerprint density at radius 3 is 2.40 bits per heavy atom. The fraction of sp³-hybridized carbons (Fsp3) is 1.00. The topological polar surface area (TPSA) is 18.5 Å². The molecule has 2 aliphatic rings. The number of hydrogen-bond donors (Lipinski definition) is 1. The van der Waals surface area contributed by atoms with Gasteiger partial charge in [0.2, 0.25) is 0 Å². The van der Waals surface area contributed by atoms with Crippen molar-refractivity contribution in [3.63, 3.8) is 0 Å². The van der Waals surface area contributed by atoms with Gasteiger partial charge in [-0.25, -0.2) is 0 Å².